The highest BCUT2D eigenvalue weighted by atomic mass is 35.5. The summed E-state index contributed by atoms with van der Waals surface area (Å²) in [6.45, 7) is 17.6. The van der Waals surface area contributed by atoms with Crippen molar-refractivity contribution in [3.05, 3.63) is 161 Å². The second kappa shape index (κ2) is 40.4. The van der Waals surface area contributed by atoms with Crippen LogP contribution in [0.3, 0.4) is 0 Å². The van der Waals surface area contributed by atoms with Crippen molar-refractivity contribution in [1.82, 2.24) is 73.1 Å². The number of phenols is 5. The molecule has 0 atom stereocenters. The zero-order valence-corrected chi connectivity index (χ0v) is 75.2. The minimum atomic E-state index is -0.228. The number of aromatic hydroxyl groups is 5. The van der Waals surface area contributed by atoms with E-state index in [2.05, 4.69) is 71.1 Å². The molecule has 7 N–H and O–H groups in total. The van der Waals surface area contributed by atoms with Crippen molar-refractivity contribution in [2.75, 3.05) is 47.3 Å². The van der Waals surface area contributed by atoms with Crippen LogP contribution in [-0.4, -0.2) is 141 Å². The third-order valence-electron chi connectivity index (χ3n) is 22.5. The average Bonchev–Trinajstić information content (AvgIpc) is 1.73. The van der Waals surface area contributed by atoms with Gasteiger partial charge in [-0.05, 0) is 197 Å². The molecule has 6 aliphatic rings. The first-order valence-electron chi connectivity index (χ1n) is 40.9. The maximum atomic E-state index is 13.2. The topological polar surface area (TPSA) is 309 Å². The van der Waals surface area contributed by atoms with Crippen LogP contribution in [0.2, 0.25) is 50.2 Å². The molecule has 16 rings (SSSR count). The van der Waals surface area contributed by atoms with Crippen molar-refractivity contribution in [2.45, 2.75) is 208 Å². The Hall–Kier alpha value is -6.50. The van der Waals surface area contributed by atoms with Crippen LogP contribution in [0.4, 0.5) is 0 Å². The number of halogens is 10. The zero-order valence-electron chi connectivity index (χ0n) is 67.6. The molecule has 0 saturated heterocycles. The van der Waals surface area contributed by atoms with E-state index in [-0.39, 0.29) is 161 Å². The van der Waals surface area contributed by atoms with Crippen molar-refractivity contribution in [1.29, 1.82) is 0 Å². The number of nitrogens with one attached hydrogen (secondary N) is 2. The Labute approximate surface area is 739 Å². The van der Waals surface area contributed by atoms with E-state index in [1.807, 2.05) is 20.9 Å². The molecular weight excluding hydrogens is 1730 g/mol. The van der Waals surface area contributed by atoms with Gasteiger partial charge in [0.1, 0.15) is 56.7 Å². The number of nitrogens with zero attached hydrogens (tertiary/aromatic N) is 13. The summed E-state index contributed by atoms with van der Waals surface area (Å²) in [5, 5.41) is 60.1. The molecule has 25 nitrogen and oxygen atoms in total. The lowest BCUT2D eigenvalue weighted by Crippen LogP contribution is -2.36. The number of hydrogen-bond donors (Lipinski definition) is 7. The molecule has 6 aliphatic carbocycles. The summed E-state index contributed by atoms with van der Waals surface area (Å²) in [4.78, 5) is 94.2. The smallest absolute Gasteiger partial charge is 0.263 e. The number of benzene rings is 5. The number of hydrogen-bond acceptors (Lipinski definition) is 20. The van der Waals surface area contributed by atoms with E-state index in [0.29, 0.717) is 130 Å². The predicted molar refractivity (Wildman–Crippen MR) is 478 cm³/mol. The van der Waals surface area contributed by atoms with Gasteiger partial charge in [0, 0.05) is 38.8 Å². The fourth-order valence-electron chi connectivity index (χ4n) is 14.8. The van der Waals surface area contributed by atoms with Gasteiger partial charge in [-0.1, -0.05) is 163 Å². The molecular formula is C84H101Cl10N15O10. The van der Waals surface area contributed by atoms with Gasteiger partial charge in [-0.25, -0.2) is 24.9 Å². The lowest BCUT2D eigenvalue weighted by Gasteiger charge is -2.31. The normalized spacial score (nSPS) is 15.6. The standard InChI is InChI=1S/C20H25Cl2N3O2.C19H25Cl2N3O2.C16H19Cl2N3O2.C15H17Cl2N3O2.C14H15Cl2N3O2/c1-24(13-5-3-2-4-6-13)11-16-23-18-17(14(21)9-15(22)19(18)26)20(27)25(16)10-12-7-8-12;1-3-7-23(8-4-2)11-15-22-17-16(13(20)9-14(21)18(17)25)19(26)24(15)10-12-5-6-12;1-3-20(2)8-12-19-14-13(10(17)6-11(18)15(14)22)16(23)21(12)7-9-4-5-9;1-2-18-6-11-19-13-12(9(16)5-10(17)14(13)21)15(22)20(11)7-8-3-4-8;1-17-5-10-18-12-11(8(15)4-9(16)13(12)20)14(21)19(10)6-7-2-3-7/h9,12-13,26H,2-8,10-11H2,1H3;9,12,25H,3-8,10-11H2,1-2H3;6,9,22H,3-5,7-8H2,1-2H3;5,8,18,21H,2-4,6-7H2,1H3;4,7,17,20H,2-3,5-6H2,1H3. The van der Waals surface area contributed by atoms with Gasteiger partial charge in [-0.2, -0.15) is 0 Å². The summed E-state index contributed by atoms with van der Waals surface area (Å²) < 4.78 is 8.53. The maximum absolute atomic E-state index is 13.2. The molecule has 0 aliphatic heterocycles. The predicted octanol–water partition coefficient (Wildman–Crippen LogP) is 17.8. The lowest BCUT2D eigenvalue weighted by atomic mass is 9.94. The van der Waals surface area contributed by atoms with Crippen LogP contribution in [0.5, 0.6) is 28.7 Å². The van der Waals surface area contributed by atoms with Gasteiger partial charge in [0.05, 0.1) is 110 Å². The van der Waals surface area contributed by atoms with Crippen molar-refractivity contribution in [3.8, 4) is 28.7 Å². The Kier molecular flexibility index (Phi) is 31.2. The molecule has 5 aromatic heterocycles. The number of fused-ring (bicyclic) bond motifs is 5. The summed E-state index contributed by atoms with van der Waals surface area (Å²) in [6, 6.07) is 7.49. The molecule has 10 aromatic rings. The molecule has 6 saturated carbocycles. The number of rotatable bonds is 27. The van der Waals surface area contributed by atoms with Gasteiger partial charge in [0.2, 0.25) is 0 Å². The van der Waals surface area contributed by atoms with Crippen LogP contribution in [-0.2, 0) is 65.4 Å². The Bertz CT molecular complexity index is 5760. The van der Waals surface area contributed by atoms with Gasteiger partial charge < -0.3 is 36.2 Å². The van der Waals surface area contributed by atoms with Crippen LogP contribution >= 0.6 is 116 Å². The van der Waals surface area contributed by atoms with E-state index in [9.17, 15) is 49.5 Å². The monoisotopic (exact) mass is 1830 g/mol. The van der Waals surface area contributed by atoms with E-state index in [1.165, 1.54) is 62.4 Å². The third kappa shape index (κ3) is 21.8. The summed E-state index contributed by atoms with van der Waals surface area (Å²) in [6.07, 6.45) is 19.6. The van der Waals surface area contributed by atoms with Crippen molar-refractivity contribution in [3.63, 3.8) is 0 Å². The molecule has 0 bridgehead atoms. The lowest BCUT2D eigenvalue weighted by molar-refractivity contribution is 0.178. The molecule has 0 unspecified atom stereocenters. The van der Waals surface area contributed by atoms with Crippen LogP contribution in [0, 0.1) is 29.6 Å². The summed E-state index contributed by atoms with van der Waals surface area (Å²) in [7, 11) is 5.84. The van der Waals surface area contributed by atoms with Crippen molar-refractivity contribution in [2.24, 2.45) is 29.6 Å². The Morgan fingerprint density at radius 1 is 0.370 bits per heavy atom. The minimum absolute atomic E-state index is 0.0924. The van der Waals surface area contributed by atoms with Gasteiger partial charge in [0.15, 0.2) is 28.7 Å². The van der Waals surface area contributed by atoms with Gasteiger partial charge >= 0.3 is 0 Å². The first-order chi connectivity index (χ1) is 56.9. The van der Waals surface area contributed by atoms with E-state index in [1.54, 1.807) is 29.9 Å². The Balaban J connectivity index is 0.000000137. The maximum Gasteiger partial charge on any atom is 0.263 e. The Morgan fingerprint density at radius 3 is 0.908 bits per heavy atom. The molecule has 5 heterocycles. The second-order valence-corrected chi connectivity index (χ2v) is 36.2. The molecule has 0 radical (unpaired) electrons. The van der Waals surface area contributed by atoms with Gasteiger partial charge in [-0.15, -0.1) is 0 Å². The van der Waals surface area contributed by atoms with Gasteiger partial charge in [-0.3, -0.25) is 61.5 Å². The highest BCUT2D eigenvalue weighted by Gasteiger charge is 2.33. The molecule has 0 spiro atoms. The first-order valence-corrected chi connectivity index (χ1v) is 44.6. The second-order valence-electron chi connectivity index (χ2n) is 32.1. The van der Waals surface area contributed by atoms with E-state index in [4.69, 9.17) is 116 Å². The highest BCUT2D eigenvalue weighted by molar-refractivity contribution is 6.42. The van der Waals surface area contributed by atoms with E-state index in [0.717, 1.165) is 103 Å². The minimum Gasteiger partial charge on any atom is -0.504 e. The first kappa shape index (κ1) is 91.7. The fourth-order valence-corrected chi connectivity index (χ4v) is 17.5. The number of phenolic OH excluding ortho intramolecular Hbond substituents is 5. The van der Waals surface area contributed by atoms with Crippen LogP contribution in [0.25, 0.3) is 54.5 Å². The third-order valence-corrected chi connectivity index (χ3v) is 25.4. The summed E-state index contributed by atoms with van der Waals surface area (Å²) in [5.41, 5.74) is -0.123. The fraction of sp³-hybridized carbons (Fsp3) is 0.524. The van der Waals surface area contributed by atoms with Crippen molar-refractivity contribution >= 4 is 171 Å². The molecule has 119 heavy (non-hydrogen) atoms. The average molecular weight is 1840 g/mol. The Morgan fingerprint density at radius 2 is 0.639 bits per heavy atom. The van der Waals surface area contributed by atoms with E-state index >= 15 is 0 Å². The van der Waals surface area contributed by atoms with Crippen LogP contribution < -0.4 is 38.4 Å². The SMILES string of the molecule is CCCN(CCC)Cc1nc2c(O)c(Cl)cc(Cl)c2c(=O)n1CC1CC1.CCN(C)Cc1nc2c(O)c(Cl)cc(Cl)c2c(=O)n1CC1CC1.CCNCc1nc2c(O)c(Cl)cc(Cl)c2c(=O)n1CC1CC1.CN(Cc1nc2c(O)c(Cl)cc(Cl)c2c(=O)n1CC1CC1)C1CCCCC1.CNCc1nc2c(O)c(Cl)cc(Cl)c2c(=O)n1CC1CC1. The summed E-state index contributed by atoms with van der Waals surface area (Å²) >= 11 is 60.9. The van der Waals surface area contributed by atoms with Crippen LogP contribution in [0.15, 0.2) is 54.3 Å². The molecule has 35 heteroatoms. The summed E-state index contributed by atoms with van der Waals surface area (Å²) in [5.74, 6) is 4.84. The highest BCUT2D eigenvalue weighted by Crippen LogP contribution is 2.43. The molecule has 5 aromatic carbocycles. The largest absolute Gasteiger partial charge is 0.504 e. The van der Waals surface area contributed by atoms with Crippen LogP contribution in [0.1, 0.15) is 166 Å². The zero-order chi connectivity index (χ0) is 85.7. The molecule has 6 fully saturated rings. The van der Waals surface area contributed by atoms with Gasteiger partial charge in [0.25, 0.3) is 27.8 Å². The van der Waals surface area contributed by atoms with E-state index < -0.39 is 0 Å². The quantitative estimate of drug-likeness (QED) is 0.0252. The number of aromatic nitrogens is 10. The van der Waals surface area contributed by atoms with Crippen molar-refractivity contribution < 1.29 is 25.5 Å². The molecule has 642 valence electrons. The molecule has 0 amide bonds.